The summed E-state index contributed by atoms with van der Waals surface area (Å²) in [7, 11) is 1.39. The molecule has 4 rings (SSSR count). The van der Waals surface area contributed by atoms with Gasteiger partial charge in [0.15, 0.2) is 17.3 Å². The summed E-state index contributed by atoms with van der Waals surface area (Å²) in [6, 6.07) is 11.4. The summed E-state index contributed by atoms with van der Waals surface area (Å²) >= 11 is 0. The standard InChI is InChI=1S/C24H22N2O7/c1-4-32-16-8-5-14(6-9-16)22(28)20-21(15-7-10-17(27)18(12-15)31-3)26(24(30)23(20)29)19-11-13(2)33-25-19/h5-12,21,27-28H,4H2,1-3H3/b22-20+. The number of phenols is 1. The predicted octanol–water partition coefficient (Wildman–Crippen LogP) is 3.72. The number of aliphatic hydroxyl groups is 1. The van der Waals surface area contributed by atoms with E-state index in [-0.39, 0.29) is 28.6 Å². The second-order valence-electron chi connectivity index (χ2n) is 7.35. The number of rotatable bonds is 6. The highest BCUT2D eigenvalue weighted by Gasteiger charge is 2.48. The number of hydrogen-bond acceptors (Lipinski definition) is 8. The van der Waals surface area contributed by atoms with Gasteiger partial charge in [-0.15, -0.1) is 0 Å². The van der Waals surface area contributed by atoms with Crippen molar-refractivity contribution in [2.45, 2.75) is 19.9 Å². The first kappa shape index (κ1) is 21.9. The number of carbonyl (C=O) groups excluding carboxylic acids is 2. The summed E-state index contributed by atoms with van der Waals surface area (Å²) in [6.45, 7) is 3.99. The number of Topliss-reactive ketones (excluding diaryl/α,β-unsaturated/α-hetero) is 1. The molecule has 1 aromatic heterocycles. The van der Waals surface area contributed by atoms with Crippen LogP contribution in [0.4, 0.5) is 5.82 Å². The molecule has 0 saturated carbocycles. The fraction of sp³-hybridized carbons (Fsp3) is 0.208. The Morgan fingerprint density at radius 2 is 1.88 bits per heavy atom. The summed E-state index contributed by atoms with van der Waals surface area (Å²) in [5, 5.41) is 25.0. The third-order valence-electron chi connectivity index (χ3n) is 5.27. The van der Waals surface area contributed by atoms with Crippen molar-refractivity contribution in [3.63, 3.8) is 0 Å². The molecule has 2 heterocycles. The van der Waals surface area contributed by atoms with E-state index in [4.69, 9.17) is 14.0 Å². The molecule has 1 saturated heterocycles. The van der Waals surface area contributed by atoms with Crippen molar-refractivity contribution in [2.24, 2.45) is 0 Å². The smallest absolute Gasteiger partial charge is 0.301 e. The number of aliphatic hydroxyl groups excluding tert-OH is 1. The number of phenolic OH excluding ortho intramolecular Hbond substituents is 1. The minimum Gasteiger partial charge on any atom is -0.507 e. The molecular weight excluding hydrogens is 428 g/mol. The van der Waals surface area contributed by atoms with Crippen LogP contribution < -0.4 is 14.4 Å². The second kappa shape index (κ2) is 8.70. The van der Waals surface area contributed by atoms with Crippen molar-refractivity contribution in [1.29, 1.82) is 0 Å². The number of ketones is 1. The van der Waals surface area contributed by atoms with E-state index in [9.17, 15) is 19.8 Å². The number of anilines is 1. The van der Waals surface area contributed by atoms with Crippen LogP contribution in [-0.2, 0) is 9.59 Å². The number of hydrogen-bond donors (Lipinski definition) is 2. The molecule has 3 aromatic rings. The Hall–Kier alpha value is -4.27. The van der Waals surface area contributed by atoms with Crippen molar-refractivity contribution < 1.29 is 33.8 Å². The minimum absolute atomic E-state index is 0.109. The van der Waals surface area contributed by atoms with Crippen LogP contribution in [0.1, 0.15) is 29.9 Å². The van der Waals surface area contributed by atoms with E-state index in [2.05, 4.69) is 5.16 Å². The summed E-state index contributed by atoms with van der Waals surface area (Å²) in [5.41, 5.74) is 0.637. The van der Waals surface area contributed by atoms with Gasteiger partial charge in [-0.3, -0.25) is 14.5 Å². The van der Waals surface area contributed by atoms with Gasteiger partial charge >= 0.3 is 5.91 Å². The minimum atomic E-state index is -1.03. The van der Waals surface area contributed by atoms with E-state index in [0.29, 0.717) is 29.2 Å². The maximum atomic E-state index is 13.1. The molecule has 1 aliphatic heterocycles. The first-order valence-electron chi connectivity index (χ1n) is 10.2. The van der Waals surface area contributed by atoms with Gasteiger partial charge < -0.3 is 24.2 Å². The van der Waals surface area contributed by atoms with Gasteiger partial charge in [-0.1, -0.05) is 11.2 Å². The molecule has 33 heavy (non-hydrogen) atoms. The number of methoxy groups -OCH3 is 1. The lowest BCUT2D eigenvalue weighted by Crippen LogP contribution is -2.29. The van der Waals surface area contributed by atoms with Crippen molar-refractivity contribution in [2.75, 3.05) is 18.6 Å². The van der Waals surface area contributed by atoms with Crippen LogP contribution in [0, 0.1) is 6.92 Å². The van der Waals surface area contributed by atoms with Crippen LogP contribution >= 0.6 is 0 Å². The SMILES string of the molecule is CCOc1ccc(/C(O)=C2\C(=O)C(=O)N(c3cc(C)on3)C2c2ccc(O)c(OC)c2)cc1. The summed E-state index contributed by atoms with van der Waals surface area (Å²) in [4.78, 5) is 27.3. The molecule has 170 valence electrons. The van der Waals surface area contributed by atoms with Gasteiger partial charge in [-0.05, 0) is 55.8 Å². The molecule has 1 aliphatic rings. The lowest BCUT2D eigenvalue weighted by Gasteiger charge is -2.23. The number of benzene rings is 2. The lowest BCUT2D eigenvalue weighted by molar-refractivity contribution is -0.132. The van der Waals surface area contributed by atoms with E-state index in [1.165, 1.54) is 25.3 Å². The van der Waals surface area contributed by atoms with Crippen molar-refractivity contribution in [3.05, 3.63) is 71.0 Å². The molecule has 1 unspecified atom stereocenters. The largest absolute Gasteiger partial charge is 0.507 e. The summed E-state index contributed by atoms with van der Waals surface area (Å²) < 4.78 is 15.7. The topological polar surface area (TPSA) is 122 Å². The van der Waals surface area contributed by atoms with Crippen LogP contribution in [0.3, 0.4) is 0 Å². The third-order valence-corrected chi connectivity index (χ3v) is 5.27. The van der Waals surface area contributed by atoms with Crippen molar-refractivity contribution >= 4 is 23.3 Å². The quantitative estimate of drug-likeness (QED) is 0.331. The number of aromatic nitrogens is 1. The van der Waals surface area contributed by atoms with Crippen LogP contribution in [0.2, 0.25) is 0 Å². The highest BCUT2D eigenvalue weighted by atomic mass is 16.5. The summed E-state index contributed by atoms with van der Waals surface area (Å²) in [6.07, 6.45) is 0. The third kappa shape index (κ3) is 3.89. The Morgan fingerprint density at radius 3 is 2.48 bits per heavy atom. The Morgan fingerprint density at radius 1 is 1.15 bits per heavy atom. The zero-order chi connectivity index (χ0) is 23.7. The Bertz CT molecular complexity index is 1240. The Balaban J connectivity index is 1.90. The number of carbonyl (C=O) groups is 2. The van der Waals surface area contributed by atoms with Gasteiger partial charge in [0.25, 0.3) is 5.78 Å². The van der Waals surface area contributed by atoms with Crippen molar-refractivity contribution in [1.82, 2.24) is 5.16 Å². The Kier molecular flexibility index (Phi) is 5.78. The number of aryl methyl sites for hydroxylation is 1. The van der Waals surface area contributed by atoms with Gasteiger partial charge in [0.2, 0.25) is 0 Å². The number of ether oxygens (including phenoxy) is 2. The van der Waals surface area contributed by atoms with Crippen LogP contribution in [0.25, 0.3) is 5.76 Å². The van der Waals surface area contributed by atoms with Gasteiger partial charge in [0.05, 0.1) is 25.3 Å². The van der Waals surface area contributed by atoms with E-state index in [1.54, 1.807) is 37.3 Å². The molecule has 0 aliphatic carbocycles. The number of nitrogens with zero attached hydrogens (tertiary/aromatic N) is 2. The molecule has 0 spiro atoms. The first-order chi connectivity index (χ1) is 15.8. The monoisotopic (exact) mass is 450 g/mol. The van der Waals surface area contributed by atoms with E-state index in [1.807, 2.05) is 6.92 Å². The van der Waals surface area contributed by atoms with Crippen LogP contribution in [0.5, 0.6) is 17.2 Å². The fourth-order valence-corrected chi connectivity index (χ4v) is 3.75. The van der Waals surface area contributed by atoms with Crippen LogP contribution in [-0.4, -0.2) is 40.8 Å². The molecule has 1 fully saturated rings. The van der Waals surface area contributed by atoms with E-state index in [0.717, 1.165) is 4.90 Å². The molecule has 1 atom stereocenters. The molecule has 2 aromatic carbocycles. The average molecular weight is 450 g/mol. The molecule has 1 amide bonds. The number of aromatic hydroxyl groups is 1. The molecule has 2 N–H and O–H groups in total. The molecule has 9 nitrogen and oxygen atoms in total. The summed E-state index contributed by atoms with van der Waals surface area (Å²) in [5.74, 6) is -0.884. The fourth-order valence-electron chi connectivity index (χ4n) is 3.75. The zero-order valence-electron chi connectivity index (χ0n) is 18.2. The molecular formula is C24H22N2O7. The normalized spacial score (nSPS) is 17.4. The maximum absolute atomic E-state index is 13.1. The maximum Gasteiger partial charge on any atom is 0.301 e. The molecule has 0 bridgehead atoms. The predicted molar refractivity (Wildman–Crippen MR) is 118 cm³/mol. The average Bonchev–Trinajstić information content (AvgIpc) is 3.35. The van der Waals surface area contributed by atoms with E-state index >= 15 is 0 Å². The van der Waals surface area contributed by atoms with E-state index < -0.39 is 17.7 Å². The zero-order valence-corrected chi connectivity index (χ0v) is 18.2. The van der Waals surface area contributed by atoms with Crippen molar-refractivity contribution in [3.8, 4) is 17.2 Å². The number of amides is 1. The van der Waals surface area contributed by atoms with Gasteiger partial charge in [-0.25, -0.2) is 0 Å². The van der Waals surface area contributed by atoms with Crippen LogP contribution in [0.15, 0.2) is 58.6 Å². The second-order valence-corrected chi connectivity index (χ2v) is 7.35. The molecule has 0 radical (unpaired) electrons. The molecule has 9 heteroatoms. The lowest BCUT2D eigenvalue weighted by atomic mass is 9.95. The highest BCUT2D eigenvalue weighted by Crippen LogP contribution is 2.43. The van der Waals surface area contributed by atoms with Gasteiger partial charge in [-0.2, -0.15) is 0 Å². The van der Waals surface area contributed by atoms with Gasteiger partial charge in [0, 0.05) is 11.6 Å². The van der Waals surface area contributed by atoms with Gasteiger partial charge in [0.1, 0.15) is 17.3 Å². The first-order valence-corrected chi connectivity index (χ1v) is 10.2. The Labute approximate surface area is 189 Å². The highest BCUT2D eigenvalue weighted by molar-refractivity contribution is 6.51.